The Morgan fingerprint density at radius 2 is 1.48 bits per heavy atom. The molecule has 0 saturated heterocycles. The van der Waals surface area contributed by atoms with E-state index in [0.29, 0.717) is 29.5 Å². The van der Waals surface area contributed by atoms with Crippen LogP contribution in [-0.2, 0) is 4.79 Å². The number of halogens is 2. The number of nitrogens with zero attached hydrogens (tertiary/aromatic N) is 2. The average molecular weight is 685 g/mol. The van der Waals surface area contributed by atoms with E-state index < -0.39 is 0 Å². The summed E-state index contributed by atoms with van der Waals surface area (Å²) in [4.78, 5) is 31.6. The van der Waals surface area contributed by atoms with E-state index in [0.717, 1.165) is 48.4 Å². The number of fused-ring (bicyclic) bond motifs is 1. The molecule has 1 amide bonds. The maximum atomic E-state index is 14.6. The van der Waals surface area contributed by atoms with Crippen LogP contribution in [0.25, 0.3) is 22.0 Å². The zero-order valence-electron chi connectivity index (χ0n) is 23.1. The highest BCUT2D eigenvalue weighted by Crippen LogP contribution is 2.57. The summed E-state index contributed by atoms with van der Waals surface area (Å²) in [6.07, 6.45) is 6.54. The van der Waals surface area contributed by atoms with E-state index in [-0.39, 0.29) is 23.4 Å². The topological polar surface area (TPSA) is 65.5 Å². The molecule has 4 bridgehead atoms. The molecule has 2 heterocycles. The Balaban J connectivity index is 1.28. The number of carbonyl (C=O) groups excluding carboxylic acids is 1. The molecule has 212 valence electrons. The molecule has 1 aliphatic heterocycles. The summed E-state index contributed by atoms with van der Waals surface area (Å²) >= 11 is 7.20. The Hall–Kier alpha value is -3.03. The number of hydrogen-bond donors (Lipinski definition) is 1. The second kappa shape index (κ2) is 10.3. The molecule has 1 atom stereocenters. The first-order valence-corrected chi connectivity index (χ1v) is 16.6. The van der Waals surface area contributed by atoms with Crippen LogP contribution in [0.3, 0.4) is 0 Å². The third-order valence-electron chi connectivity index (χ3n) is 10.2. The van der Waals surface area contributed by atoms with Gasteiger partial charge in [-0.3, -0.25) is 9.59 Å². The van der Waals surface area contributed by atoms with Gasteiger partial charge in [0, 0.05) is 37.8 Å². The van der Waals surface area contributed by atoms with Crippen molar-refractivity contribution < 1.29 is 4.79 Å². The fourth-order valence-electron chi connectivity index (χ4n) is 8.74. The van der Waals surface area contributed by atoms with Gasteiger partial charge >= 0.3 is 0 Å². The first kappa shape index (κ1) is 26.6. The minimum atomic E-state index is -0.251. The number of hydrazone groups is 1. The van der Waals surface area contributed by atoms with Gasteiger partial charge in [-0.25, -0.2) is 5.01 Å². The SMILES string of the molecule is O=C(C1C2CC3CC(C2)CC1C3)N1N=C(c2c(-c3ccccc3)c3cc(Br)ccc3[nH]c2=O)C[C@H]1c1ccc(Br)cc1. The molecule has 9 rings (SSSR count). The van der Waals surface area contributed by atoms with Gasteiger partial charge < -0.3 is 4.98 Å². The molecule has 0 spiro atoms. The van der Waals surface area contributed by atoms with Gasteiger partial charge in [0.1, 0.15) is 0 Å². The van der Waals surface area contributed by atoms with Crippen molar-refractivity contribution in [3.05, 3.63) is 103 Å². The van der Waals surface area contributed by atoms with Crippen molar-refractivity contribution in [2.45, 2.75) is 44.6 Å². The molecule has 3 aromatic carbocycles. The number of benzene rings is 3. The Morgan fingerprint density at radius 3 is 2.17 bits per heavy atom. The molecule has 1 aromatic heterocycles. The van der Waals surface area contributed by atoms with E-state index >= 15 is 0 Å². The maximum absolute atomic E-state index is 14.6. The highest BCUT2D eigenvalue weighted by molar-refractivity contribution is 9.10. The fourth-order valence-corrected chi connectivity index (χ4v) is 9.36. The van der Waals surface area contributed by atoms with Crippen LogP contribution in [-0.4, -0.2) is 21.6 Å². The van der Waals surface area contributed by atoms with Gasteiger partial charge in [0.2, 0.25) is 5.91 Å². The number of hydrogen-bond acceptors (Lipinski definition) is 3. The van der Waals surface area contributed by atoms with Crippen LogP contribution < -0.4 is 5.56 Å². The summed E-state index contributed by atoms with van der Waals surface area (Å²) in [6.45, 7) is 0. The lowest BCUT2D eigenvalue weighted by atomic mass is 9.51. The third-order valence-corrected chi connectivity index (χ3v) is 11.3. The van der Waals surface area contributed by atoms with Crippen LogP contribution >= 0.6 is 31.9 Å². The zero-order chi connectivity index (χ0) is 28.5. The van der Waals surface area contributed by atoms with Gasteiger partial charge in [-0.2, -0.15) is 5.10 Å². The summed E-state index contributed by atoms with van der Waals surface area (Å²) < 4.78 is 1.93. The molecule has 5 nitrogen and oxygen atoms in total. The number of pyridine rings is 1. The number of H-pyrrole nitrogens is 1. The third kappa shape index (κ3) is 4.43. The van der Waals surface area contributed by atoms with Crippen LogP contribution in [0.5, 0.6) is 0 Å². The normalized spacial score (nSPS) is 28.0. The van der Waals surface area contributed by atoms with E-state index in [1.54, 1.807) is 5.01 Å². The molecule has 7 heteroatoms. The van der Waals surface area contributed by atoms with E-state index in [9.17, 15) is 9.59 Å². The number of aromatic nitrogens is 1. The highest BCUT2D eigenvalue weighted by atomic mass is 79.9. The van der Waals surface area contributed by atoms with Crippen molar-refractivity contribution in [2.75, 3.05) is 0 Å². The minimum Gasteiger partial charge on any atom is -0.321 e. The Morgan fingerprint density at radius 1 is 0.810 bits per heavy atom. The standard InChI is InChI=1S/C35H31Br2N3O2/c36-25-8-6-21(7-9-25)30-18-29(39-40(30)35(42)31-23-13-19-12-20(15-23)16-24(31)14-19)33-32(22-4-2-1-3-5-22)27-17-26(37)10-11-28(27)38-34(33)41/h1-11,17,19-20,23-24,30-31H,12-16,18H2,(H,38,41)/t19?,20?,23?,24?,30-,31?/m0/s1. The maximum Gasteiger partial charge on any atom is 0.258 e. The molecule has 42 heavy (non-hydrogen) atoms. The van der Waals surface area contributed by atoms with Crippen LogP contribution in [0, 0.1) is 29.6 Å². The van der Waals surface area contributed by atoms with Crippen LogP contribution in [0.15, 0.2) is 91.6 Å². The smallest absolute Gasteiger partial charge is 0.258 e. The first-order valence-electron chi connectivity index (χ1n) is 15.0. The first-order chi connectivity index (χ1) is 20.4. The van der Waals surface area contributed by atoms with Crippen molar-refractivity contribution in [2.24, 2.45) is 34.7 Å². The number of carbonyl (C=O) groups is 1. The lowest BCUT2D eigenvalue weighted by molar-refractivity contribution is -0.151. The minimum absolute atomic E-state index is 0.0262. The monoisotopic (exact) mass is 683 g/mol. The molecule has 4 fully saturated rings. The lowest BCUT2D eigenvalue weighted by Gasteiger charge is -2.54. The summed E-state index contributed by atoms with van der Waals surface area (Å²) in [6, 6.07) is 23.9. The molecule has 1 N–H and O–H groups in total. The van der Waals surface area contributed by atoms with Gasteiger partial charge in [-0.05, 0) is 97.2 Å². The zero-order valence-corrected chi connectivity index (χ0v) is 26.3. The summed E-state index contributed by atoms with van der Waals surface area (Å²) in [5.74, 6) is 2.67. The molecule has 4 aromatic rings. The van der Waals surface area contributed by atoms with Crippen molar-refractivity contribution in [1.29, 1.82) is 0 Å². The van der Waals surface area contributed by atoms with Gasteiger partial charge in [-0.15, -0.1) is 0 Å². The van der Waals surface area contributed by atoms with E-state index in [4.69, 9.17) is 5.10 Å². The summed E-state index contributed by atoms with van der Waals surface area (Å²) in [5.41, 5.74) is 4.66. The quantitative estimate of drug-likeness (QED) is 0.234. The van der Waals surface area contributed by atoms with Gasteiger partial charge in [0.15, 0.2) is 0 Å². The van der Waals surface area contributed by atoms with Crippen LogP contribution in [0.4, 0.5) is 0 Å². The average Bonchev–Trinajstić information content (AvgIpc) is 3.42. The van der Waals surface area contributed by atoms with Gasteiger partial charge in [0.05, 0.1) is 17.3 Å². The molecular weight excluding hydrogens is 654 g/mol. The molecule has 4 aliphatic carbocycles. The molecule has 0 unspecified atom stereocenters. The predicted molar refractivity (Wildman–Crippen MR) is 173 cm³/mol. The molecule has 5 aliphatic rings. The molecule has 0 radical (unpaired) electrons. The number of nitrogens with one attached hydrogen (secondary N) is 1. The highest BCUT2D eigenvalue weighted by Gasteiger charge is 2.53. The number of amides is 1. The van der Waals surface area contributed by atoms with Gasteiger partial charge in [0.25, 0.3) is 5.56 Å². The largest absolute Gasteiger partial charge is 0.321 e. The van der Waals surface area contributed by atoms with Crippen LogP contribution in [0.2, 0.25) is 0 Å². The second-order valence-corrected chi connectivity index (χ2v) is 14.5. The fraction of sp³-hybridized carbons (Fsp3) is 0.343. The Bertz CT molecular complexity index is 1770. The van der Waals surface area contributed by atoms with Crippen molar-refractivity contribution in [3.63, 3.8) is 0 Å². The van der Waals surface area contributed by atoms with E-state index in [1.807, 2.05) is 54.6 Å². The second-order valence-electron chi connectivity index (χ2n) is 12.7. The van der Waals surface area contributed by atoms with Gasteiger partial charge in [-0.1, -0.05) is 74.3 Å². The van der Waals surface area contributed by atoms with E-state index in [1.165, 1.54) is 32.1 Å². The Labute approximate surface area is 261 Å². The van der Waals surface area contributed by atoms with Crippen molar-refractivity contribution in [1.82, 2.24) is 9.99 Å². The van der Waals surface area contributed by atoms with E-state index in [2.05, 4.69) is 55.0 Å². The summed E-state index contributed by atoms with van der Waals surface area (Å²) in [7, 11) is 0. The van der Waals surface area contributed by atoms with Crippen molar-refractivity contribution in [3.8, 4) is 11.1 Å². The molecule has 4 saturated carbocycles. The van der Waals surface area contributed by atoms with Crippen LogP contribution in [0.1, 0.15) is 55.7 Å². The number of rotatable bonds is 4. The van der Waals surface area contributed by atoms with Crippen molar-refractivity contribution >= 4 is 54.4 Å². The summed E-state index contributed by atoms with van der Waals surface area (Å²) in [5, 5.41) is 7.82. The lowest BCUT2D eigenvalue weighted by Crippen LogP contribution is -2.51. The predicted octanol–water partition coefficient (Wildman–Crippen LogP) is 8.47. The Kier molecular flexibility index (Phi) is 6.52. The molecular formula is C35H31Br2N3O2. The number of aromatic amines is 1.